The van der Waals surface area contributed by atoms with E-state index in [1.807, 2.05) is 6.92 Å². The van der Waals surface area contributed by atoms with E-state index in [0.29, 0.717) is 16.4 Å². The number of hydrogen-bond donors (Lipinski definition) is 0. The van der Waals surface area contributed by atoms with Crippen LogP contribution in [-0.4, -0.2) is 17.1 Å². The molecule has 0 fully saturated rings. The molecule has 17 heavy (non-hydrogen) atoms. The molecule has 0 aliphatic rings. The number of halogens is 2. The van der Waals surface area contributed by atoms with E-state index in [2.05, 4.69) is 9.97 Å². The van der Waals surface area contributed by atoms with Crippen LogP contribution in [0.15, 0.2) is 24.4 Å². The van der Waals surface area contributed by atoms with Gasteiger partial charge in [0.15, 0.2) is 5.82 Å². The fourth-order valence-corrected chi connectivity index (χ4v) is 1.63. The molecule has 0 atom stereocenters. The van der Waals surface area contributed by atoms with Crippen LogP contribution in [0, 0.1) is 12.7 Å². The van der Waals surface area contributed by atoms with Gasteiger partial charge in [0.1, 0.15) is 10.8 Å². The van der Waals surface area contributed by atoms with Crippen LogP contribution >= 0.6 is 11.6 Å². The molecule has 0 N–H and O–H groups in total. The van der Waals surface area contributed by atoms with Crippen molar-refractivity contribution in [2.45, 2.75) is 6.92 Å². The maximum Gasteiger partial charge on any atom is 0.235 e. The van der Waals surface area contributed by atoms with Gasteiger partial charge in [0.2, 0.25) is 5.88 Å². The van der Waals surface area contributed by atoms with E-state index in [1.165, 1.54) is 25.4 Å². The van der Waals surface area contributed by atoms with Gasteiger partial charge in [-0.1, -0.05) is 17.7 Å². The molecule has 0 aliphatic carbocycles. The molecule has 0 saturated carbocycles. The van der Waals surface area contributed by atoms with Gasteiger partial charge in [-0.2, -0.15) is 4.98 Å². The van der Waals surface area contributed by atoms with Crippen LogP contribution in [0.3, 0.4) is 0 Å². The summed E-state index contributed by atoms with van der Waals surface area (Å²) in [5.74, 6) is 0.340. The second-order valence-corrected chi connectivity index (χ2v) is 3.92. The lowest BCUT2D eigenvalue weighted by atomic mass is 10.1. The average Bonchev–Trinajstić information content (AvgIpc) is 2.33. The highest BCUT2D eigenvalue weighted by Crippen LogP contribution is 2.26. The van der Waals surface area contributed by atoms with E-state index in [9.17, 15) is 4.39 Å². The van der Waals surface area contributed by atoms with Gasteiger partial charge >= 0.3 is 0 Å². The van der Waals surface area contributed by atoms with Crippen LogP contribution in [0.1, 0.15) is 5.56 Å². The molecule has 0 unspecified atom stereocenters. The predicted octanol–water partition coefficient (Wildman–Crippen LogP) is 3.25. The average molecular weight is 253 g/mol. The van der Waals surface area contributed by atoms with Gasteiger partial charge in [0, 0.05) is 5.56 Å². The second kappa shape index (κ2) is 4.67. The Hall–Kier alpha value is -1.68. The summed E-state index contributed by atoms with van der Waals surface area (Å²) < 4.78 is 18.2. The highest BCUT2D eigenvalue weighted by Gasteiger charge is 2.10. The van der Waals surface area contributed by atoms with Crippen molar-refractivity contribution in [3.8, 4) is 17.3 Å². The number of methoxy groups -OCH3 is 1. The van der Waals surface area contributed by atoms with E-state index in [-0.39, 0.29) is 11.7 Å². The fraction of sp³-hybridized carbons (Fsp3) is 0.167. The summed E-state index contributed by atoms with van der Waals surface area (Å²) in [6.07, 6.45) is 1.44. The summed E-state index contributed by atoms with van der Waals surface area (Å²) in [6.45, 7) is 1.86. The minimum absolute atomic E-state index is 0.278. The second-order valence-electron chi connectivity index (χ2n) is 3.51. The quantitative estimate of drug-likeness (QED) is 0.823. The van der Waals surface area contributed by atoms with Crippen LogP contribution in [0.25, 0.3) is 11.4 Å². The highest BCUT2D eigenvalue weighted by molar-refractivity contribution is 6.31. The van der Waals surface area contributed by atoms with Crippen LogP contribution in [0.2, 0.25) is 5.02 Å². The Bertz CT molecular complexity index is 560. The van der Waals surface area contributed by atoms with E-state index in [4.69, 9.17) is 16.3 Å². The molecule has 0 saturated heterocycles. The third-order valence-corrected chi connectivity index (χ3v) is 2.61. The molecule has 1 aromatic carbocycles. The van der Waals surface area contributed by atoms with Crippen LogP contribution < -0.4 is 4.74 Å². The molecule has 2 rings (SSSR count). The van der Waals surface area contributed by atoms with Gasteiger partial charge in [0.25, 0.3) is 0 Å². The maximum atomic E-state index is 13.2. The summed E-state index contributed by atoms with van der Waals surface area (Å²) in [6, 6.07) is 4.46. The molecule has 1 heterocycles. The summed E-state index contributed by atoms with van der Waals surface area (Å²) >= 11 is 5.83. The Morgan fingerprint density at radius 3 is 2.82 bits per heavy atom. The zero-order valence-electron chi connectivity index (χ0n) is 9.37. The van der Waals surface area contributed by atoms with Gasteiger partial charge in [-0.3, -0.25) is 0 Å². The predicted molar refractivity (Wildman–Crippen MR) is 63.7 cm³/mol. The number of rotatable bonds is 2. The zero-order chi connectivity index (χ0) is 12.4. The van der Waals surface area contributed by atoms with Crippen LogP contribution in [0.4, 0.5) is 4.39 Å². The first-order valence-corrected chi connectivity index (χ1v) is 5.32. The normalized spacial score (nSPS) is 10.4. The van der Waals surface area contributed by atoms with Crippen molar-refractivity contribution in [3.63, 3.8) is 0 Å². The molecule has 0 spiro atoms. The lowest BCUT2D eigenvalue weighted by Gasteiger charge is -2.07. The third-order valence-electron chi connectivity index (χ3n) is 2.35. The largest absolute Gasteiger partial charge is 0.480 e. The van der Waals surface area contributed by atoms with Crippen LogP contribution in [-0.2, 0) is 0 Å². The van der Waals surface area contributed by atoms with Gasteiger partial charge in [-0.25, -0.2) is 9.37 Å². The van der Waals surface area contributed by atoms with Crippen molar-refractivity contribution < 1.29 is 9.13 Å². The molecule has 0 radical (unpaired) electrons. The number of hydrogen-bond acceptors (Lipinski definition) is 3. The summed E-state index contributed by atoms with van der Waals surface area (Å²) in [5.41, 5.74) is 1.51. The molecule has 0 aliphatic heterocycles. The van der Waals surface area contributed by atoms with Gasteiger partial charge in [-0.05, 0) is 24.6 Å². The first-order valence-electron chi connectivity index (χ1n) is 4.95. The lowest BCUT2D eigenvalue weighted by Crippen LogP contribution is -1.96. The van der Waals surface area contributed by atoms with Crippen molar-refractivity contribution in [2.24, 2.45) is 0 Å². The monoisotopic (exact) mass is 252 g/mol. The minimum atomic E-state index is -0.330. The minimum Gasteiger partial charge on any atom is -0.480 e. The standard InChI is InChI=1S/C12H10ClFN2O/c1-7-3-4-8(14)5-9(7)11-15-6-10(13)12(16-11)17-2/h3-6H,1-2H3. The van der Waals surface area contributed by atoms with Gasteiger partial charge in [-0.15, -0.1) is 0 Å². The molecule has 0 amide bonds. The van der Waals surface area contributed by atoms with E-state index < -0.39 is 0 Å². The molecular formula is C12H10ClFN2O. The fourth-order valence-electron chi connectivity index (χ4n) is 1.46. The lowest BCUT2D eigenvalue weighted by molar-refractivity contribution is 0.397. The zero-order valence-corrected chi connectivity index (χ0v) is 10.1. The van der Waals surface area contributed by atoms with E-state index in [1.54, 1.807) is 6.07 Å². The van der Waals surface area contributed by atoms with Crippen molar-refractivity contribution in [1.82, 2.24) is 9.97 Å². The van der Waals surface area contributed by atoms with Crippen molar-refractivity contribution in [1.29, 1.82) is 0 Å². The Labute approximate surface area is 103 Å². The molecule has 5 heteroatoms. The van der Waals surface area contributed by atoms with E-state index >= 15 is 0 Å². The van der Waals surface area contributed by atoms with Crippen molar-refractivity contribution in [2.75, 3.05) is 7.11 Å². The van der Waals surface area contributed by atoms with Crippen LogP contribution in [0.5, 0.6) is 5.88 Å². The molecule has 88 valence electrons. The first kappa shape index (κ1) is 11.8. The first-order chi connectivity index (χ1) is 8.11. The molecule has 1 aromatic heterocycles. The molecular weight excluding hydrogens is 243 g/mol. The maximum absolute atomic E-state index is 13.2. The SMILES string of the molecule is COc1nc(-c2cc(F)ccc2C)ncc1Cl. The topological polar surface area (TPSA) is 35.0 Å². The van der Waals surface area contributed by atoms with E-state index in [0.717, 1.165) is 5.56 Å². The summed E-state index contributed by atoms with van der Waals surface area (Å²) in [5, 5.41) is 0.324. The highest BCUT2D eigenvalue weighted by atomic mass is 35.5. The van der Waals surface area contributed by atoms with Crippen molar-refractivity contribution >= 4 is 11.6 Å². The smallest absolute Gasteiger partial charge is 0.235 e. The van der Waals surface area contributed by atoms with Crippen molar-refractivity contribution in [3.05, 3.63) is 40.8 Å². The summed E-state index contributed by atoms with van der Waals surface area (Å²) in [4.78, 5) is 8.20. The Kier molecular flexibility index (Phi) is 3.24. The molecule has 3 nitrogen and oxygen atoms in total. The molecule has 2 aromatic rings. The molecule has 0 bridgehead atoms. The van der Waals surface area contributed by atoms with Gasteiger partial charge < -0.3 is 4.74 Å². The number of aryl methyl sites for hydroxylation is 1. The van der Waals surface area contributed by atoms with Gasteiger partial charge in [0.05, 0.1) is 13.3 Å². The number of ether oxygens (including phenoxy) is 1. The third kappa shape index (κ3) is 2.36. The number of nitrogens with zero attached hydrogens (tertiary/aromatic N) is 2. The Morgan fingerprint density at radius 1 is 1.35 bits per heavy atom. The number of benzene rings is 1. The summed E-state index contributed by atoms with van der Waals surface area (Å²) in [7, 11) is 1.47. The Morgan fingerprint density at radius 2 is 2.12 bits per heavy atom. The Balaban J connectivity index is 2.56. The number of aromatic nitrogens is 2.